The SMILES string of the molecule is NC(=S)C1CCN(Cc2ccccc2Cl)CC1. The highest BCUT2D eigenvalue weighted by Gasteiger charge is 2.21. The first-order valence-electron chi connectivity index (χ1n) is 5.92. The molecular weight excluding hydrogens is 252 g/mol. The molecule has 0 spiro atoms. The Hall–Kier alpha value is -0.640. The van der Waals surface area contributed by atoms with Crippen molar-refractivity contribution >= 4 is 28.8 Å². The van der Waals surface area contributed by atoms with Crippen molar-refractivity contribution in [2.24, 2.45) is 11.7 Å². The Kier molecular flexibility index (Phi) is 4.37. The van der Waals surface area contributed by atoms with Gasteiger partial charge in [0.1, 0.15) is 0 Å². The average Bonchev–Trinajstić information content (AvgIpc) is 2.33. The van der Waals surface area contributed by atoms with Gasteiger partial charge in [0.25, 0.3) is 0 Å². The van der Waals surface area contributed by atoms with E-state index in [1.165, 1.54) is 5.56 Å². The van der Waals surface area contributed by atoms with E-state index in [1.54, 1.807) is 0 Å². The molecule has 92 valence electrons. The molecule has 0 bridgehead atoms. The van der Waals surface area contributed by atoms with E-state index in [4.69, 9.17) is 29.6 Å². The molecule has 1 aliphatic rings. The van der Waals surface area contributed by atoms with Crippen molar-refractivity contribution in [1.82, 2.24) is 4.90 Å². The second kappa shape index (κ2) is 5.80. The minimum Gasteiger partial charge on any atom is -0.393 e. The summed E-state index contributed by atoms with van der Waals surface area (Å²) in [5.41, 5.74) is 6.88. The third kappa shape index (κ3) is 3.41. The number of nitrogens with zero attached hydrogens (tertiary/aromatic N) is 1. The third-order valence-electron chi connectivity index (χ3n) is 3.34. The fraction of sp³-hybridized carbons (Fsp3) is 0.462. The van der Waals surface area contributed by atoms with Crippen molar-refractivity contribution in [3.05, 3.63) is 34.9 Å². The molecule has 0 aliphatic carbocycles. The molecule has 0 atom stereocenters. The van der Waals surface area contributed by atoms with Crippen molar-refractivity contribution < 1.29 is 0 Å². The standard InChI is InChI=1S/C13H17ClN2S/c14-12-4-2-1-3-11(12)9-16-7-5-10(6-8-16)13(15)17/h1-4,10H,5-9H2,(H2,15,17). The molecule has 0 saturated carbocycles. The first-order chi connectivity index (χ1) is 8.16. The van der Waals surface area contributed by atoms with Crippen molar-refractivity contribution in [3.8, 4) is 0 Å². The molecule has 2 rings (SSSR count). The molecule has 1 aromatic rings. The summed E-state index contributed by atoms with van der Waals surface area (Å²) in [6, 6.07) is 8.02. The summed E-state index contributed by atoms with van der Waals surface area (Å²) < 4.78 is 0. The fourth-order valence-electron chi connectivity index (χ4n) is 2.24. The number of likely N-dealkylation sites (tertiary alicyclic amines) is 1. The van der Waals surface area contributed by atoms with Gasteiger partial charge in [-0.25, -0.2) is 0 Å². The van der Waals surface area contributed by atoms with Crippen LogP contribution in [-0.2, 0) is 6.54 Å². The van der Waals surface area contributed by atoms with E-state index in [0.29, 0.717) is 10.9 Å². The molecule has 0 radical (unpaired) electrons. The Morgan fingerprint density at radius 2 is 2.00 bits per heavy atom. The zero-order chi connectivity index (χ0) is 12.3. The molecule has 1 heterocycles. The molecule has 1 fully saturated rings. The van der Waals surface area contributed by atoms with Crippen LogP contribution in [0.25, 0.3) is 0 Å². The fourth-order valence-corrected chi connectivity index (χ4v) is 2.67. The Morgan fingerprint density at radius 1 is 1.35 bits per heavy atom. The maximum Gasteiger partial charge on any atom is 0.0759 e. The van der Waals surface area contributed by atoms with E-state index >= 15 is 0 Å². The van der Waals surface area contributed by atoms with Crippen LogP contribution >= 0.6 is 23.8 Å². The van der Waals surface area contributed by atoms with Gasteiger partial charge in [0.15, 0.2) is 0 Å². The van der Waals surface area contributed by atoms with Crippen LogP contribution < -0.4 is 5.73 Å². The van der Waals surface area contributed by atoms with Gasteiger partial charge in [-0.1, -0.05) is 42.0 Å². The van der Waals surface area contributed by atoms with Gasteiger partial charge in [-0.15, -0.1) is 0 Å². The number of rotatable bonds is 3. The molecular formula is C13H17ClN2S. The quantitative estimate of drug-likeness (QED) is 0.855. The molecule has 1 saturated heterocycles. The second-order valence-corrected chi connectivity index (χ2v) is 5.42. The largest absolute Gasteiger partial charge is 0.393 e. The number of benzene rings is 1. The summed E-state index contributed by atoms with van der Waals surface area (Å²) in [5, 5.41) is 0.851. The topological polar surface area (TPSA) is 29.3 Å². The lowest BCUT2D eigenvalue weighted by molar-refractivity contribution is 0.202. The van der Waals surface area contributed by atoms with E-state index in [-0.39, 0.29) is 0 Å². The highest BCUT2D eigenvalue weighted by molar-refractivity contribution is 7.80. The van der Waals surface area contributed by atoms with Crippen LogP contribution in [0.5, 0.6) is 0 Å². The predicted octanol–water partition coefficient (Wildman–Crippen LogP) is 2.84. The van der Waals surface area contributed by atoms with Crippen LogP contribution in [0.4, 0.5) is 0 Å². The summed E-state index contributed by atoms with van der Waals surface area (Å²) in [6.07, 6.45) is 2.14. The Morgan fingerprint density at radius 3 is 2.59 bits per heavy atom. The average molecular weight is 269 g/mol. The van der Waals surface area contributed by atoms with Gasteiger partial charge >= 0.3 is 0 Å². The third-order valence-corrected chi connectivity index (χ3v) is 4.04. The van der Waals surface area contributed by atoms with Crippen molar-refractivity contribution in [3.63, 3.8) is 0 Å². The maximum atomic E-state index is 6.16. The van der Waals surface area contributed by atoms with Crippen LogP contribution in [-0.4, -0.2) is 23.0 Å². The normalized spacial score (nSPS) is 18.2. The molecule has 1 aliphatic heterocycles. The minimum absolute atomic E-state index is 0.424. The first kappa shape index (κ1) is 12.8. The van der Waals surface area contributed by atoms with E-state index in [1.807, 2.05) is 18.2 Å². The van der Waals surface area contributed by atoms with Gasteiger partial charge in [0.05, 0.1) is 4.99 Å². The number of halogens is 1. The highest BCUT2D eigenvalue weighted by Crippen LogP contribution is 2.22. The highest BCUT2D eigenvalue weighted by atomic mass is 35.5. The van der Waals surface area contributed by atoms with Gasteiger partial charge < -0.3 is 5.73 Å². The van der Waals surface area contributed by atoms with Gasteiger partial charge in [0.2, 0.25) is 0 Å². The number of hydrogen-bond donors (Lipinski definition) is 1. The number of nitrogens with two attached hydrogens (primary N) is 1. The molecule has 0 amide bonds. The van der Waals surface area contributed by atoms with Crippen molar-refractivity contribution in [2.75, 3.05) is 13.1 Å². The summed E-state index contributed by atoms with van der Waals surface area (Å²) in [4.78, 5) is 3.08. The summed E-state index contributed by atoms with van der Waals surface area (Å²) in [5.74, 6) is 0.424. The van der Waals surface area contributed by atoms with Gasteiger partial charge in [0, 0.05) is 17.5 Å². The van der Waals surface area contributed by atoms with E-state index < -0.39 is 0 Å². The molecule has 2 nitrogen and oxygen atoms in total. The Bertz CT molecular complexity index is 400. The summed E-state index contributed by atoms with van der Waals surface area (Å²) >= 11 is 11.2. The number of piperidine rings is 1. The van der Waals surface area contributed by atoms with Gasteiger partial charge in [-0.2, -0.15) is 0 Å². The summed E-state index contributed by atoms with van der Waals surface area (Å²) in [6.45, 7) is 3.02. The van der Waals surface area contributed by atoms with Crippen molar-refractivity contribution in [2.45, 2.75) is 19.4 Å². The zero-order valence-electron chi connectivity index (χ0n) is 9.73. The maximum absolute atomic E-state index is 6.16. The number of thiocarbonyl (C=S) groups is 1. The van der Waals surface area contributed by atoms with Crippen LogP contribution in [0.1, 0.15) is 18.4 Å². The van der Waals surface area contributed by atoms with Crippen LogP contribution in [0.15, 0.2) is 24.3 Å². The van der Waals surface area contributed by atoms with Crippen LogP contribution in [0.2, 0.25) is 5.02 Å². The monoisotopic (exact) mass is 268 g/mol. The molecule has 1 aromatic carbocycles. The molecule has 17 heavy (non-hydrogen) atoms. The van der Waals surface area contributed by atoms with E-state index in [2.05, 4.69) is 11.0 Å². The smallest absolute Gasteiger partial charge is 0.0759 e. The van der Waals surface area contributed by atoms with Gasteiger partial charge in [-0.3, -0.25) is 4.90 Å². The molecule has 0 unspecified atom stereocenters. The lowest BCUT2D eigenvalue weighted by atomic mass is 9.96. The van der Waals surface area contributed by atoms with Crippen molar-refractivity contribution in [1.29, 1.82) is 0 Å². The Labute approximate surface area is 113 Å². The number of hydrogen-bond acceptors (Lipinski definition) is 2. The minimum atomic E-state index is 0.424. The summed E-state index contributed by atoms with van der Waals surface area (Å²) in [7, 11) is 0. The van der Waals surface area contributed by atoms with Gasteiger partial charge in [-0.05, 0) is 37.6 Å². The molecule has 0 aromatic heterocycles. The van der Waals surface area contributed by atoms with E-state index in [0.717, 1.165) is 37.5 Å². The lowest BCUT2D eigenvalue weighted by Gasteiger charge is -2.31. The first-order valence-corrected chi connectivity index (χ1v) is 6.70. The van der Waals surface area contributed by atoms with Crippen LogP contribution in [0, 0.1) is 5.92 Å². The predicted molar refractivity (Wildman–Crippen MR) is 76.2 cm³/mol. The van der Waals surface area contributed by atoms with Crippen LogP contribution in [0.3, 0.4) is 0 Å². The molecule has 4 heteroatoms. The zero-order valence-corrected chi connectivity index (χ0v) is 11.3. The Balaban J connectivity index is 1.90. The molecule has 2 N–H and O–H groups in total. The second-order valence-electron chi connectivity index (χ2n) is 4.54. The van der Waals surface area contributed by atoms with E-state index in [9.17, 15) is 0 Å². The lowest BCUT2D eigenvalue weighted by Crippen LogP contribution is -2.37.